The molecule has 0 radical (unpaired) electrons. The van der Waals surface area contributed by atoms with Gasteiger partial charge in [-0.2, -0.15) is 0 Å². The van der Waals surface area contributed by atoms with Crippen LogP contribution in [0.2, 0.25) is 14.8 Å². The summed E-state index contributed by atoms with van der Waals surface area (Å²) in [5, 5.41) is 4.47. The van der Waals surface area contributed by atoms with Gasteiger partial charge in [-0.25, -0.2) is 0 Å². The van der Waals surface area contributed by atoms with Crippen molar-refractivity contribution in [1.82, 2.24) is 0 Å². The third-order valence-electron chi connectivity index (χ3n) is 4.54. The second kappa shape index (κ2) is 7.64. The van der Waals surface area contributed by atoms with E-state index in [2.05, 4.69) is 101 Å². The van der Waals surface area contributed by atoms with E-state index in [9.17, 15) is 0 Å². The molecule has 3 rings (SSSR count). The van der Waals surface area contributed by atoms with Crippen molar-refractivity contribution in [3.8, 4) is 0 Å². The van der Waals surface area contributed by atoms with Crippen molar-refractivity contribution in [1.29, 1.82) is 0 Å². The summed E-state index contributed by atoms with van der Waals surface area (Å²) in [6.07, 6.45) is 0. The van der Waals surface area contributed by atoms with Crippen molar-refractivity contribution in [2.45, 2.75) is 28.7 Å². The molecule has 0 N–H and O–H groups in total. The fourth-order valence-corrected chi connectivity index (χ4v) is 12.8. The summed E-state index contributed by atoms with van der Waals surface area (Å²) >= 11 is -2.20. The first-order valence-corrected chi connectivity index (χ1v) is 20.2. The second-order valence-corrected chi connectivity index (χ2v) is 24.3. The molecule has 0 aliphatic heterocycles. The molecule has 3 aromatic rings. The molecule has 0 amide bonds. The van der Waals surface area contributed by atoms with Crippen LogP contribution in [0.3, 0.4) is 0 Å². The number of hydrogen-bond donors (Lipinski definition) is 0. The Hall–Kier alpha value is -1.11. The Labute approximate surface area is 157 Å². The van der Waals surface area contributed by atoms with Crippen LogP contribution in [0.5, 0.6) is 0 Å². The Morgan fingerprint density at radius 2 is 1.04 bits per heavy atom. The van der Waals surface area contributed by atoms with Gasteiger partial charge in [0.05, 0.1) is 0 Å². The number of aryl methyl sites for hydroxylation is 2. The fraction of sp³-hybridized carbons (Fsp3) is 0.217. The minimum absolute atomic E-state index is 0.503. The van der Waals surface area contributed by atoms with E-state index < -0.39 is 26.3 Å². The molecular formula is C23H27PSn. The van der Waals surface area contributed by atoms with Crippen molar-refractivity contribution in [2.75, 3.05) is 0 Å². The van der Waals surface area contributed by atoms with E-state index in [1.807, 2.05) is 0 Å². The Balaban J connectivity index is 2.22. The summed E-state index contributed by atoms with van der Waals surface area (Å²) in [6, 6.07) is 27.5. The molecule has 0 fully saturated rings. The van der Waals surface area contributed by atoms with Gasteiger partial charge >= 0.3 is 158 Å². The molecular weight excluding hydrogens is 426 g/mol. The number of benzene rings is 3. The first-order chi connectivity index (χ1) is 11.9. The SMILES string of the molecule is Cc1ccc(P(c2ccc(C)cc2)c2cccc[c]2[Sn]([CH3])([CH3])[CH3])cc1. The molecule has 0 nitrogen and oxygen atoms in total. The van der Waals surface area contributed by atoms with Gasteiger partial charge in [0.25, 0.3) is 0 Å². The molecule has 0 unspecified atom stereocenters. The first kappa shape index (κ1) is 18.7. The summed E-state index contributed by atoms with van der Waals surface area (Å²) in [6.45, 7) is 4.33. The van der Waals surface area contributed by atoms with Gasteiger partial charge in [0.15, 0.2) is 0 Å². The van der Waals surface area contributed by atoms with Crippen LogP contribution in [-0.4, -0.2) is 18.4 Å². The van der Waals surface area contributed by atoms with Gasteiger partial charge in [-0.05, 0) is 0 Å². The first-order valence-electron chi connectivity index (χ1n) is 8.89. The Morgan fingerprint density at radius 3 is 1.48 bits per heavy atom. The molecule has 25 heavy (non-hydrogen) atoms. The molecule has 0 bridgehead atoms. The molecule has 2 heteroatoms. The third-order valence-corrected chi connectivity index (χ3v) is 13.5. The van der Waals surface area contributed by atoms with Crippen LogP contribution in [-0.2, 0) is 0 Å². The standard InChI is InChI=1S/C20H18P.3CH3.Sn/c1-16-8-12-19(13-9-16)21(18-6-4-3-5-7-18)20-14-10-17(2)11-15-20;;;;/h3-6,8-15H,1-2H3;3*1H3;. The molecule has 0 saturated carbocycles. The maximum absolute atomic E-state index is 2.52. The van der Waals surface area contributed by atoms with Crippen molar-refractivity contribution in [3.63, 3.8) is 0 Å². The van der Waals surface area contributed by atoms with Gasteiger partial charge < -0.3 is 0 Å². The summed E-state index contributed by atoms with van der Waals surface area (Å²) < 4.78 is 1.66. The van der Waals surface area contributed by atoms with Crippen LogP contribution in [0.25, 0.3) is 0 Å². The minimum atomic E-state index is -2.20. The summed E-state index contributed by atoms with van der Waals surface area (Å²) in [4.78, 5) is 7.56. The number of hydrogen-bond acceptors (Lipinski definition) is 0. The van der Waals surface area contributed by atoms with Crippen molar-refractivity contribution in [3.05, 3.63) is 83.9 Å². The summed E-state index contributed by atoms with van der Waals surface area (Å²) in [5.74, 6) is 0. The zero-order chi connectivity index (χ0) is 18.0. The summed E-state index contributed by atoms with van der Waals surface area (Å²) in [5.41, 5.74) is 2.65. The average Bonchev–Trinajstić information content (AvgIpc) is 2.58. The van der Waals surface area contributed by atoms with Gasteiger partial charge in [0.2, 0.25) is 0 Å². The van der Waals surface area contributed by atoms with Crippen molar-refractivity contribution >= 4 is 45.8 Å². The normalized spacial score (nSPS) is 11.8. The monoisotopic (exact) mass is 454 g/mol. The molecule has 0 aliphatic rings. The van der Waals surface area contributed by atoms with Gasteiger partial charge in [-0.3, -0.25) is 0 Å². The van der Waals surface area contributed by atoms with E-state index in [0.29, 0.717) is 0 Å². The van der Waals surface area contributed by atoms with Crippen molar-refractivity contribution in [2.24, 2.45) is 0 Å². The zero-order valence-corrected chi connectivity index (χ0v) is 19.6. The van der Waals surface area contributed by atoms with Crippen LogP contribution in [0.1, 0.15) is 11.1 Å². The van der Waals surface area contributed by atoms with E-state index in [1.165, 1.54) is 21.7 Å². The van der Waals surface area contributed by atoms with Crippen LogP contribution in [0, 0.1) is 13.8 Å². The van der Waals surface area contributed by atoms with E-state index in [1.54, 1.807) is 8.88 Å². The molecule has 0 spiro atoms. The Morgan fingerprint density at radius 1 is 0.600 bits per heavy atom. The van der Waals surface area contributed by atoms with Crippen LogP contribution in [0.4, 0.5) is 0 Å². The molecule has 0 heterocycles. The van der Waals surface area contributed by atoms with E-state index in [-0.39, 0.29) is 0 Å². The maximum atomic E-state index is 2.52. The number of rotatable bonds is 4. The topological polar surface area (TPSA) is 0 Å². The predicted octanol–water partition coefficient (Wildman–Crippen LogP) is 4.61. The molecule has 0 aromatic heterocycles. The second-order valence-electron chi connectivity index (χ2n) is 7.77. The van der Waals surface area contributed by atoms with Crippen molar-refractivity contribution < 1.29 is 0 Å². The molecule has 128 valence electrons. The molecule has 3 aromatic carbocycles. The predicted molar refractivity (Wildman–Crippen MR) is 118 cm³/mol. The van der Waals surface area contributed by atoms with Crippen LogP contribution < -0.4 is 19.5 Å². The van der Waals surface area contributed by atoms with Crippen LogP contribution in [0.15, 0.2) is 72.8 Å². The van der Waals surface area contributed by atoms with E-state index in [0.717, 1.165) is 0 Å². The van der Waals surface area contributed by atoms with Gasteiger partial charge in [-0.1, -0.05) is 0 Å². The quantitative estimate of drug-likeness (QED) is 0.400. The average molecular weight is 453 g/mol. The fourth-order valence-electron chi connectivity index (χ4n) is 3.12. The summed E-state index contributed by atoms with van der Waals surface area (Å²) in [7, 11) is -0.503. The third kappa shape index (κ3) is 4.35. The van der Waals surface area contributed by atoms with E-state index >= 15 is 0 Å². The molecule has 0 saturated heterocycles. The van der Waals surface area contributed by atoms with Gasteiger partial charge in [-0.15, -0.1) is 0 Å². The Bertz CT molecular complexity index is 797. The van der Waals surface area contributed by atoms with Gasteiger partial charge in [0, 0.05) is 0 Å². The zero-order valence-electron chi connectivity index (χ0n) is 15.9. The van der Waals surface area contributed by atoms with Crippen LogP contribution >= 0.6 is 7.92 Å². The van der Waals surface area contributed by atoms with Gasteiger partial charge in [0.1, 0.15) is 0 Å². The Kier molecular flexibility index (Phi) is 5.71. The van der Waals surface area contributed by atoms with E-state index in [4.69, 9.17) is 0 Å². The molecule has 0 atom stereocenters. The molecule has 0 aliphatic carbocycles.